The Labute approximate surface area is 77.6 Å². The zero-order valence-electron chi connectivity index (χ0n) is 7.82. The van der Waals surface area contributed by atoms with Crippen molar-refractivity contribution in [3.05, 3.63) is 29.8 Å². The number of carboxylic acid groups (broad SMARTS) is 1. The molecule has 1 aromatic rings. The van der Waals surface area contributed by atoms with Gasteiger partial charge in [-0.2, -0.15) is 0 Å². The first-order valence-corrected chi connectivity index (χ1v) is 4.20. The maximum atomic E-state index is 10.8. The molecule has 0 atom stereocenters. The topological polar surface area (TPSA) is 40.5 Å². The number of carboxylic acids is 1. The largest absolute Gasteiger partial charge is 0.478 e. The SMILES string of the molecule is CCN(C)c1ccccc1C(=O)O. The molecule has 13 heavy (non-hydrogen) atoms. The number of benzene rings is 1. The van der Waals surface area contributed by atoms with Crippen molar-refractivity contribution < 1.29 is 9.90 Å². The van der Waals surface area contributed by atoms with Crippen LogP contribution in [0.5, 0.6) is 0 Å². The average molecular weight is 179 g/mol. The Morgan fingerprint density at radius 1 is 1.46 bits per heavy atom. The average Bonchev–Trinajstić information content (AvgIpc) is 2.16. The van der Waals surface area contributed by atoms with Gasteiger partial charge in [0.25, 0.3) is 0 Å². The minimum absolute atomic E-state index is 0.354. The fourth-order valence-electron chi connectivity index (χ4n) is 1.16. The molecule has 0 unspecified atom stereocenters. The van der Waals surface area contributed by atoms with Gasteiger partial charge in [-0.25, -0.2) is 4.79 Å². The number of hydrogen-bond donors (Lipinski definition) is 1. The van der Waals surface area contributed by atoms with Crippen LogP contribution >= 0.6 is 0 Å². The highest BCUT2D eigenvalue weighted by Crippen LogP contribution is 2.18. The molecule has 0 heterocycles. The second-order valence-electron chi connectivity index (χ2n) is 2.84. The molecule has 3 nitrogen and oxygen atoms in total. The molecule has 1 rings (SSSR count). The van der Waals surface area contributed by atoms with Crippen molar-refractivity contribution in [2.75, 3.05) is 18.5 Å². The summed E-state index contributed by atoms with van der Waals surface area (Å²) in [7, 11) is 1.88. The molecule has 70 valence electrons. The summed E-state index contributed by atoms with van der Waals surface area (Å²) in [6, 6.07) is 7.00. The van der Waals surface area contributed by atoms with Crippen LogP contribution in [0, 0.1) is 0 Å². The van der Waals surface area contributed by atoms with Gasteiger partial charge in [0.1, 0.15) is 0 Å². The van der Waals surface area contributed by atoms with Crippen molar-refractivity contribution in [2.24, 2.45) is 0 Å². The number of rotatable bonds is 3. The summed E-state index contributed by atoms with van der Waals surface area (Å²) in [4.78, 5) is 12.7. The molecule has 3 heteroatoms. The zero-order valence-corrected chi connectivity index (χ0v) is 7.82. The van der Waals surface area contributed by atoms with Crippen LogP contribution in [0.1, 0.15) is 17.3 Å². The Bertz CT molecular complexity index is 310. The van der Waals surface area contributed by atoms with E-state index >= 15 is 0 Å². The molecule has 0 spiro atoms. The molecule has 0 saturated heterocycles. The minimum Gasteiger partial charge on any atom is -0.478 e. The lowest BCUT2D eigenvalue weighted by Gasteiger charge is -2.18. The molecular weight excluding hydrogens is 166 g/mol. The fourth-order valence-corrected chi connectivity index (χ4v) is 1.16. The maximum Gasteiger partial charge on any atom is 0.337 e. The van der Waals surface area contributed by atoms with Gasteiger partial charge >= 0.3 is 5.97 Å². The molecule has 0 amide bonds. The first-order valence-electron chi connectivity index (χ1n) is 4.20. The van der Waals surface area contributed by atoms with Gasteiger partial charge in [-0.05, 0) is 19.1 Å². The second kappa shape index (κ2) is 3.94. The molecule has 0 fully saturated rings. The van der Waals surface area contributed by atoms with Gasteiger partial charge in [0, 0.05) is 13.6 Å². The molecule has 0 aliphatic heterocycles. The van der Waals surface area contributed by atoms with E-state index in [1.54, 1.807) is 12.1 Å². The van der Waals surface area contributed by atoms with Gasteiger partial charge in [0.2, 0.25) is 0 Å². The van der Waals surface area contributed by atoms with Gasteiger partial charge in [-0.3, -0.25) is 0 Å². The van der Waals surface area contributed by atoms with Crippen molar-refractivity contribution in [1.29, 1.82) is 0 Å². The number of para-hydroxylation sites is 1. The Morgan fingerprint density at radius 2 is 2.08 bits per heavy atom. The smallest absolute Gasteiger partial charge is 0.337 e. The lowest BCUT2D eigenvalue weighted by molar-refractivity contribution is 0.0697. The summed E-state index contributed by atoms with van der Waals surface area (Å²) in [5.41, 5.74) is 1.12. The van der Waals surface area contributed by atoms with E-state index < -0.39 is 5.97 Å². The van der Waals surface area contributed by atoms with Crippen LogP contribution in [0.15, 0.2) is 24.3 Å². The molecule has 0 radical (unpaired) electrons. The van der Waals surface area contributed by atoms with Crippen LogP contribution in [0.3, 0.4) is 0 Å². The van der Waals surface area contributed by atoms with Crippen LogP contribution in [-0.2, 0) is 0 Å². The highest BCUT2D eigenvalue weighted by atomic mass is 16.4. The summed E-state index contributed by atoms with van der Waals surface area (Å²) in [6.07, 6.45) is 0. The van der Waals surface area contributed by atoms with Crippen LogP contribution in [0.4, 0.5) is 5.69 Å². The molecule has 1 N–H and O–H groups in total. The van der Waals surface area contributed by atoms with Gasteiger partial charge in [-0.1, -0.05) is 12.1 Å². The quantitative estimate of drug-likeness (QED) is 0.769. The highest BCUT2D eigenvalue weighted by molar-refractivity contribution is 5.94. The van der Waals surface area contributed by atoms with Crippen LogP contribution in [-0.4, -0.2) is 24.7 Å². The molecule has 0 aliphatic carbocycles. The normalized spacial score (nSPS) is 9.69. The standard InChI is InChI=1S/C10H13NO2/c1-3-11(2)9-7-5-4-6-8(9)10(12)13/h4-7H,3H2,1-2H3,(H,12,13). The van der Waals surface area contributed by atoms with Gasteiger partial charge < -0.3 is 10.0 Å². The Kier molecular flexibility index (Phi) is 2.90. The Balaban J connectivity index is 3.11. The monoisotopic (exact) mass is 179 g/mol. The van der Waals surface area contributed by atoms with Crippen molar-refractivity contribution >= 4 is 11.7 Å². The summed E-state index contributed by atoms with van der Waals surface area (Å²) < 4.78 is 0. The van der Waals surface area contributed by atoms with Crippen molar-refractivity contribution in [3.63, 3.8) is 0 Å². The van der Waals surface area contributed by atoms with E-state index in [0.29, 0.717) is 5.56 Å². The Hall–Kier alpha value is -1.51. The lowest BCUT2D eigenvalue weighted by Crippen LogP contribution is -2.18. The summed E-state index contributed by atoms with van der Waals surface area (Å²) in [6.45, 7) is 2.78. The number of anilines is 1. The number of aromatic carboxylic acids is 1. The van der Waals surface area contributed by atoms with E-state index in [2.05, 4.69) is 0 Å². The molecule has 0 saturated carbocycles. The molecule has 0 bridgehead atoms. The molecule has 1 aromatic carbocycles. The maximum absolute atomic E-state index is 10.8. The number of hydrogen-bond acceptors (Lipinski definition) is 2. The second-order valence-corrected chi connectivity index (χ2v) is 2.84. The van der Waals surface area contributed by atoms with Crippen molar-refractivity contribution in [2.45, 2.75) is 6.92 Å². The highest BCUT2D eigenvalue weighted by Gasteiger charge is 2.10. The Morgan fingerprint density at radius 3 is 2.62 bits per heavy atom. The van der Waals surface area contributed by atoms with Crippen LogP contribution in [0.25, 0.3) is 0 Å². The van der Waals surface area contributed by atoms with Gasteiger partial charge in [-0.15, -0.1) is 0 Å². The van der Waals surface area contributed by atoms with E-state index in [9.17, 15) is 4.79 Å². The van der Waals surface area contributed by atoms with E-state index in [0.717, 1.165) is 12.2 Å². The van der Waals surface area contributed by atoms with Gasteiger partial charge in [0.05, 0.1) is 11.3 Å². The van der Waals surface area contributed by atoms with Crippen molar-refractivity contribution in [1.82, 2.24) is 0 Å². The van der Waals surface area contributed by atoms with Crippen LogP contribution < -0.4 is 4.90 Å². The first kappa shape index (κ1) is 9.58. The van der Waals surface area contributed by atoms with E-state index in [1.807, 2.05) is 31.0 Å². The third kappa shape index (κ3) is 1.99. The molecule has 0 aliphatic rings. The third-order valence-corrected chi connectivity index (χ3v) is 2.02. The number of carbonyl (C=O) groups is 1. The predicted molar refractivity (Wildman–Crippen MR) is 52.3 cm³/mol. The number of nitrogens with zero attached hydrogens (tertiary/aromatic N) is 1. The van der Waals surface area contributed by atoms with E-state index in [1.165, 1.54) is 0 Å². The summed E-state index contributed by atoms with van der Waals surface area (Å²) in [5.74, 6) is -0.879. The van der Waals surface area contributed by atoms with E-state index in [-0.39, 0.29) is 0 Å². The molecular formula is C10H13NO2. The third-order valence-electron chi connectivity index (χ3n) is 2.02. The van der Waals surface area contributed by atoms with Crippen LogP contribution in [0.2, 0.25) is 0 Å². The minimum atomic E-state index is -0.879. The first-order chi connectivity index (χ1) is 6.16. The lowest BCUT2D eigenvalue weighted by atomic mass is 10.1. The summed E-state index contributed by atoms with van der Waals surface area (Å²) >= 11 is 0. The molecule has 0 aromatic heterocycles. The van der Waals surface area contributed by atoms with Gasteiger partial charge in [0.15, 0.2) is 0 Å². The summed E-state index contributed by atoms with van der Waals surface area (Å²) in [5, 5.41) is 8.88. The zero-order chi connectivity index (χ0) is 9.84. The van der Waals surface area contributed by atoms with E-state index in [4.69, 9.17) is 5.11 Å². The predicted octanol–water partition coefficient (Wildman–Crippen LogP) is 1.84. The fraction of sp³-hybridized carbons (Fsp3) is 0.300. The van der Waals surface area contributed by atoms with Crippen molar-refractivity contribution in [3.8, 4) is 0 Å².